The molecule has 0 aliphatic rings. The highest BCUT2D eigenvalue weighted by Crippen LogP contribution is 2.05. The van der Waals surface area contributed by atoms with Crippen molar-refractivity contribution in [2.45, 2.75) is 13.5 Å². The van der Waals surface area contributed by atoms with Crippen molar-refractivity contribution in [3.8, 4) is 6.07 Å². The molecule has 0 aliphatic heterocycles. The molecule has 2 N–H and O–H groups in total. The first-order valence-electron chi connectivity index (χ1n) is 3.78. The SMILES string of the molecule is CC(=O)OCc1cnc(N)c(C#N)n1. The topological polar surface area (TPSA) is 102 Å². The summed E-state index contributed by atoms with van der Waals surface area (Å²) in [6.07, 6.45) is 1.36. The molecule has 0 amide bonds. The van der Waals surface area contributed by atoms with Crippen LogP contribution in [0.5, 0.6) is 0 Å². The minimum Gasteiger partial charge on any atom is -0.459 e. The van der Waals surface area contributed by atoms with Gasteiger partial charge in [-0.3, -0.25) is 4.79 Å². The molecule has 0 fully saturated rings. The van der Waals surface area contributed by atoms with Crippen LogP contribution in [-0.4, -0.2) is 15.9 Å². The Bertz CT molecular complexity index is 397. The largest absolute Gasteiger partial charge is 0.459 e. The van der Waals surface area contributed by atoms with E-state index in [-0.39, 0.29) is 18.1 Å². The first kappa shape index (κ1) is 9.92. The molecular formula is C8H8N4O2. The van der Waals surface area contributed by atoms with Gasteiger partial charge < -0.3 is 10.5 Å². The summed E-state index contributed by atoms with van der Waals surface area (Å²) in [5, 5.41) is 8.58. The first-order valence-corrected chi connectivity index (χ1v) is 3.78. The van der Waals surface area contributed by atoms with Gasteiger partial charge in [-0.25, -0.2) is 9.97 Å². The summed E-state index contributed by atoms with van der Waals surface area (Å²) in [5.41, 5.74) is 5.78. The maximum absolute atomic E-state index is 10.5. The summed E-state index contributed by atoms with van der Waals surface area (Å²) in [5.74, 6) is -0.346. The Labute approximate surface area is 80.3 Å². The molecule has 0 unspecified atom stereocenters. The van der Waals surface area contributed by atoms with Crippen LogP contribution in [0, 0.1) is 11.3 Å². The quantitative estimate of drug-likeness (QED) is 0.661. The molecule has 1 rings (SSSR count). The van der Waals surface area contributed by atoms with E-state index in [0.717, 1.165) is 0 Å². The van der Waals surface area contributed by atoms with Gasteiger partial charge in [0, 0.05) is 6.92 Å². The maximum Gasteiger partial charge on any atom is 0.303 e. The summed E-state index contributed by atoms with van der Waals surface area (Å²) in [4.78, 5) is 18.0. The van der Waals surface area contributed by atoms with Crippen LogP contribution in [0.2, 0.25) is 0 Å². The molecule has 0 spiro atoms. The van der Waals surface area contributed by atoms with E-state index in [1.807, 2.05) is 0 Å². The average molecular weight is 192 g/mol. The molecule has 72 valence electrons. The number of ether oxygens (including phenoxy) is 1. The molecule has 0 atom stereocenters. The van der Waals surface area contributed by atoms with Gasteiger partial charge in [0.15, 0.2) is 11.5 Å². The van der Waals surface area contributed by atoms with Crippen molar-refractivity contribution in [3.05, 3.63) is 17.6 Å². The zero-order valence-corrected chi connectivity index (χ0v) is 7.52. The Morgan fingerprint density at radius 2 is 2.50 bits per heavy atom. The Kier molecular flexibility index (Phi) is 2.97. The van der Waals surface area contributed by atoms with Gasteiger partial charge in [0.25, 0.3) is 0 Å². The number of nitrogens with two attached hydrogens (primary N) is 1. The van der Waals surface area contributed by atoms with E-state index >= 15 is 0 Å². The Morgan fingerprint density at radius 3 is 3.07 bits per heavy atom. The van der Waals surface area contributed by atoms with Gasteiger partial charge >= 0.3 is 5.97 Å². The summed E-state index contributed by atoms with van der Waals surface area (Å²) >= 11 is 0. The van der Waals surface area contributed by atoms with Gasteiger partial charge in [-0.15, -0.1) is 0 Å². The zero-order chi connectivity index (χ0) is 10.6. The third-order valence-electron chi connectivity index (χ3n) is 1.38. The standard InChI is InChI=1S/C8H8N4O2/c1-5(13)14-4-6-3-11-8(10)7(2-9)12-6/h3H,4H2,1H3,(H2,10,11). The monoisotopic (exact) mass is 192 g/mol. The Balaban J connectivity index is 2.80. The number of hydrogen-bond donors (Lipinski definition) is 1. The summed E-state index contributed by atoms with van der Waals surface area (Å²) in [6.45, 7) is 1.28. The number of nitrogens with zero attached hydrogens (tertiary/aromatic N) is 3. The second-order valence-corrected chi connectivity index (χ2v) is 2.49. The molecule has 1 aromatic rings. The van der Waals surface area contributed by atoms with Crippen LogP contribution in [0.3, 0.4) is 0 Å². The van der Waals surface area contributed by atoms with Crippen molar-refractivity contribution in [3.63, 3.8) is 0 Å². The molecule has 14 heavy (non-hydrogen) atoms. The molecular weight excluding hydrogens is 184 g/mol. The number of rotatable bonds is 2. The highest BCUT2D eigenvalue weighted by Gasteiger charge is 2.04. The Morgan fingerprint density at radius 1 is 1.79 bits per heavy atom. The number of carbonyl (C=O) groups is 1. The number of aromatic nitrogens is 2. The minimum atomic E-state index is -0.415. The average Bonchev–Trinajstić information content (AvgIpc) is 2.16. The van der Waals surface area contributed by atoms with E-state index in [2.05, 4.69) is 14.7 Å². The van der Waals surface area contributed by atoms with Gasteiger partial charge in [-0.1, -0.05) is 0 Å². The van der Waals surface area contributed by atoms with Crippen molar-refractivity contribution < 1.29 is 9.53 Å². The van der Waals surface area contributed by atoms with Gasteiger partial charge in [0.1, 0.15) is 12.7 Å². The fraction of sp³-hybridized carbons (Fsp3) is 0.250. The molecule has 0 saturated carbocycles. The Hall–Kier alpha value is -2.16. The van der Waals surface area contributed by atoms with Crippen LogP contribution in [-0.2, 0) is 16.1 Å². The van der Waals surface area contributed by atoms with E-state index < -0.39 is 5.97 Å². The highest BCUT2D eigenvalue weighted by atomic mass is 16.5. The van der Waals surface area contributed by atoms with Crippen molar-refractivity contribution in [1.29, 1.82) is 5.26 Å². The molecule has 0 aliphatic carbocycles. The number of carbonyl (C=O) groups excluding carboxylic acids is 1. The smallest absolute Gasteiger partial charge is 0.303 e. The number of anilines is 1. The molecule has 0 bridgehead atoms. The second-order valence-electron chi connectivity index (χ2n) is 2.49. The molecule has 6 nitrogen and oxygen atoms in total. The lowest BCUT2D eigenvalue weighted by Crippen LogP contribution is -2.05. The normalized spacial score (nSPS) is 9.14. The van der Waals surface area contributed by atoms with Crippen molar-refractivity contribution in [2.75, 3.05) is 5.73 Å². The number of hydrogen-bond acceptors (Lipinski definition) is 6. The fourth-order valence-corrected chi connectivity index (χ4v) is 0.762. The minimum absolute atomic E-state index is 0.00269. The van der Waals surface area contributed by atoms with Crippen molar-refractivity contribution in [2.24, 2.45) is 0 Å². The van der Waals surface area contributed by atoms with E-state index in [9.17, 15) is 4.79 Å². The molecule has 0 saturated heterocycles. The molecule has 0 aromatic carbocycles. The summed E-state index contributed by atoms with van der Waals surface area (Å²) in [6, 6.07) is 1.78. The third kappa shape index (κ3) is 2.42. The fourth-order valence-electron chi connectivity index (χ4n) is 0.762. The summed E-state index contributed by atoms with van der Waals surface area (Å²) in [7, 11) is 0. The highest BCUT2D eigenvalue weighted by molar-refractivity contribution is 5.65. The van der Waals surface area contributed by atoms with Crippen molar-refractivity contribution >= 4 is 11.8 Å². The first-order chi connectivity index (χ1) is 6.63. The number of esters is 1. The molecule has 1 aromatic heterocycles. The van der Waals surface area contributed by atoms with Crippen LogP contribution in [0.4, 0.5) is 5.82 Å². The molecule has 0 radical (unpaired) electrons. The lowest BCUT2D eigenvalue weighted by molar-refractivity contribution is -0.142. The lowest BCUT2D eigenvalue weighted by Gasteiger charge is -2.01. The van der Waals surface area contributed by atoms with E-state index in [0.29, 0.717) is 5.69 Å². The predicted octanol–water partition coefficient (Wildman–Crippen LogP) is -0.00642. The van der Waals surface area contributed by atoms with Crippen LogP contribution < -0.4 is 5.73 Å². The van der Waals surface area contributed by atoms with Crippen LogP contribution >= 0.6 is 0 Å². The number of nitriles is 1. The zero-order valence-electron chi connectivity index (χ0n) is 7.52. The van der Waals surface area contributed by atoms with Gasteiger partial charge in [0.05, 0.1) is 11.9 Å². The second kappa shape index (κ2) is 4.18. The van der Waals surface area contributed by atoms with Crippen molar-refractivity contribution in [1.82, 2.24) is 9.97 Å². The van der Waals surface area contributed by atoms with Gasteiger partial charge in [-0.2, -0.15) is 5.26 Å². The van der Waals surface area contributed by atoms with E-state index in [1.54, 1.807) is 6.07 Å². The molecule has 1 heterocycles. The summed E-state index contributed by atoms with van der Waals surface area (Å²) < 4.78 is 4.68. The number of nitrogen functional groups attached to an aromatic ring is 1. The van der Waals surface area contributed by atoms with E-state index in [4.69, 9.17) is 11.0 Å². The van der Waals surface area contributed by atoms with E-state index in [1.165, 1.54) is 13.1 Å². The third-order valence-corrected chi connectivity index (χ3v) is 1.38. The lowest BCUT2D eigenvalue weighted by atomic mass is 10.4. The van der Waals surface area contributed by atoms with Crippen LogP contribution in [0.15, 0.2) is 6.20 Å². The predicted molar refractivity (Wildman–Crippen MR) is 46.6 cm³/mol. The van der Waals surface area contributed by atoms with Gasteiger partial charge in [0.2, 0.25) is 0 Å². The van der Waals surface area contributed by atoms with Crippen LogP contribution in [0.25, 0.3) is 0 Å². The van der Waals surface area contributed by atoms with Gasteiger partial charge in [-0.05, 0) is 0 Å². The van der Waals surface area contributed by atoms with Crippen LogP contribution in [0.1, 0.15) is 18.3 Å². The maximum atomic E-state index is 10.5. The molecule has 6 heteroatoms.